The Morgan fingerprint density at radius 2 is 0.842 bits per heavy atom. The van der Waals surface area contributed by atoms with Crippen LogP contribution in [-0.2, 0) is 39.3 Å². The molecule has 3 aromatic heterocycles. The van der Waals surface area contributed by atoms with Crippen LogP contribution in [0.4, 0.5) is 0 Å². The fourth-order valence-corrected chi connectivity index (χ4v) is 9.70. The predicted molar refractivity (Wildman–Crippen MR) is 149 cm³/mol. The first-order chi connectivity index (χ1) is 18.7. The first-order valence-electron chi connectivity index (χ1n) is 13.8. The van der Waals surface area contributed by atoms with Crippen molar-refractivity contribution in [1.29, 1.82) is 0 Å². The lowest BCUT2D eigenvalue weighted by Crippen LogP contribution is -2.48. The van der Waals surface area contributed by atoms with E-state index in [-0.39, 0.29) is 0 Å². The summed E-state index contributed by atoms with van der Waals surface area (Å²) in [6.07, 6.45) is 0. The lowest BCUT2D eigenvalue weighted by Gasteiger charge is -2.26. The van der Waals surface area contributed by atoms with Gasteiger partial charge in [0.25, 0.3) is 17.5 Å². The van der Waals surface area contributed by atoms with E-state index in [0.29, 0.717) is 0 Å². The van der Waals surface area contributed by atoms with Gasteiger partial charge in [-0.15, -0.1) is 13.0 Å². The van der Waals surface area contributed by atoms with Crippen LogP contribution < -0.4 is 13.7 Å². The number of aryl methyl sites for hydroxylation is 3. The molecule has 0 N–H and O–H groups in total. The topological polar surface area (TPSA) is 29.7 Å². The van der Waals surface area contributed by atoms with Crippen LogP contribution in [0.3, 0.4) is 0 Å². The van der Waals surface area contributed by atoms with Crippen molar-refractivity contribution in [3.8, 4) is 0 Å². The number of nitrogens with zero attached hydrogens (tertiary/aromatic N) is 7. The van der Waals surface area contributed by atoms with Crippen LogP contribution in [0.5, 0.6) is 0 Å². The molecule has 6 aromatic rings. The van der Waals surface area contributed by atoms with E-state index in [1.54, 1.807) is 0 Å². The van der Waals surface area contributed by atoms with Crippen LogP contribution in [0.2, 0.25) is 0 Å². The van der Waals surface area contributed by atoms with Gasteiger partial charge in [-0.25, -0.2) is 13.7 Å². The first-order valence-corrected chi connectivity index (χ1v) is 15.0. The Kier molecular flexibility index (Phi) is 4.86. The summed E-state index contributed by atoms with van der Waals surface area (Å²) >= 11 is 0. The minimum atomic E-state index is -1.02. The Morgan fingerprint density at radius 1 is 0.526 bits per heavy atom. The maximum Gasteiger partial charge on any atom is 0.533 e. The van der Waals surface area contributed by atoms with Crippen molar-refractivity contribution in [3.63, 3.8) is 0 Å². The molecule has 9 rings (SSSR count). The number of imidazole rings is 3. The largest absolute Gasteiger partial charge is 0.533 e. The first kappa shape index (κ1) is 22.4. The van der Waals surface area contributed by atoms with E-state index < -0.39 is 8.37 Å². The molecule has 0 saturated heterocycles. The van der Waals surface area contributed by atoms with Crippen molar-refractivity contribution in [1.82, 2.24) is 17.9 Å². The van der Waals surface area contributed by atoms with E-state index in [9.17, 15) is 0 Å². The van der Waals surface area contributed by atoms with Gasteiger partial charge in [-0.3, -0.25) is 4.90 Å². The zero-order chi connectivity index (χ0) is 25.5. The van der Waals surface area contributed by atoms with E-state index in [1.165, 1.54) is 50.6 Å². The summed E-state index contributed by atoms with van der Waals surface area (Å²) < 4.78 is 15.7. The van der Waals surface area contributed by atoms with E-state index >= 15 is 0 Å². The van der Waals surface area contributed by atoms with Crippen molar-refractivity contribution in [3.05, 3.63) is 90.3 Å². The molecule has 0 aliphatic carbocycles. The van der Waals surface area contributed by atoms with Gasteiger partial charge in [0.15, 0.2) is 33.1 Å². The zero-order valence-electron chi connectivity index (χ0n) is 22.2. The molecule has 190 valence electrons. The van der Waals surface area contributed by atoms with Crippen molar-refractivity contribution in [2.75, 3.05) is 0 Å². The highest BCUT2D eigenvalue weighted by atomic mass is 31.1. The summed E-state index contributed by atoms with van der Waals surface area (Å²) in [6, 6.07) is 27.0. The van der Waals surface area contributed by atoms with Gasteiger partial charge < -0.3 is 0 Å². The molecule has 0 atom stereocenters. The monoisotopic (exact) mass is 522 g/mol. The lowest BCUT2D eigenvalue weighted by molar-refractivity contribution is -0.682. The van der Waals surface area contributed by atoms with Crippen molar-refractivity contribution < 1.29 is 13.7 Å². The van der Waals surface area contributed by atoms with Crippen LogP contribution in [0.15, 0.2) is 72.8 Å². The molecule has 0 spiro atoms. The molecule has 0 radical (unpaired) electrons. The van der Waals surface area contributed by atoms with Crippen LogP contribution in [-0.4, -0.2) is 17.9 Å². The second-order valence-corrected chi connectivity index (χ2v) is 12.0. The Balaban J connectivity index is 1.63. The van der Waals surface area contributed by atoms with E-state index in [2.05, 4.69) is 125 Å². The van der Waals surface area contributed by atoms with Gasteiger partial charge in [0, 0.05) is 0 Å². The second-order valence-electron chi connectivity index (χ2n) is 10.3. The van der Waals surface area contributed by atoms with Crippen LogP contribution in [0.25, 0.3) is 33.1 Å². The minimum Gasteiger partial charge on any atom is -0.269 e. The minimum absolute atomic E-state index is 0.928. The van der Waals surface area contributed by atoms with Gasteiger partial charge >= 0.3 is 8.37 Å². The molecule has 3 aliphatic heterocycles. The van der Waals surface area contributed by atoms with E-state index in [0.717, 1.165) is 39.3 Å². The van der Waals surface area contributed by atoms with Gasteiger partial charge in [-0.2, -0.15) is 0 Å². The molecule has 6 heterocycles. The highest BCUT2D eigenvalue weighted by Crippen LogP contribution is 2.52. The molecule has 0 fully saturated rings. The van der Waals surface area contributed by atoms with Crippen molar-refractivity contribution in [2.45, 2.75) is 60.0 Å². The third-order valence-corrected chi connectivity index (χ3v) is 10.9. The molecule has 3 aliphatic rings. The van der Waals surface area contributed by atoms with E-state index in [1.807, 2.05) is 0 Å². The second kappa shape index (κ2) is 8.23. The summed E-state index contributed by atoms with van der Waals surface area (Å²) in [4.78, 5) is 2.66. The zero-order valence-corrected chi connectivity index (χ0v) is 23.1. The average Bonchev–Trinajstić information content (AvgIpc) is 3.51. The number of para-hydroxylation sites is 6. The molecule has 3 aromatic carbocycles. The van der Waals surface area contributed by atoms with Crippen molar-refractivity contribution in [2.24, 2.45) is 0 Å². The maximum absolute atomic E-state index is 2.70. The average molecular weight is 523 g/mol. The fourth-order valence-electron chi connectivity index (χ4n) is 6.94. The van der Waals surface area contributed by atoms with Gasteiger partial charge in [0.2, 0.25) is 0 Å². The van der Waals surface area contributed by atoms with Gasteiger partial charge in [-0.05, 0) is 57.2 Å². The molecule has 38 heavy (non-hydrogen) atoms. The van der Waals surface area contributed by atoms with Crippen LogP contribution in [0, 0.1) is 0 Å². The Labute approximate surface area is 223 Å². The highest BCUT2D eigenvalue weighted by Gasteiger charge is 2.53. The summed E-state index contributed by atoms with van der Waals surface area (Å²) in [5.41, 5.74) is 7.92. The van der Waals surface area contributed by atoms with Crippen molar-refractivity contribution >= 4 is 41.5 Å². The third kappa shape index (κ3) is 2.78. The molecule has 0 saturated carbocycles. The Morgan fingerprint density at radius 3 is 1.16 bits per heavy atom. The smallest absolute Gasteiger partial charge is 0.269 e. The number of benzene rings is 3. The summed E-state index contributed by atoms with van der Waals surface area (Å²) in [7, 11) is -1.02. The SMILES string of the molecule is CC[n+]1c2n(c3ccccc31)P1n3c([n+](CC)c4ccccc43)CN(C2)Cc2n1c1ccccc1[n+]2CC. The normalized spacial score (nSPS) is 18.4. The summed E-state index contributed by atoms with van der Waals surface area (Å²) in [6.45, 7) is 12.5. The number of rotatable bonds is 3. The standard InChI is InChI=1S/C30H33N7P/c1-4-32-22-13-7-10-16-25(22)35-28(32)19-31-20-29-33(5-2)23-14-8-11-17-26(23)36(29)38(35)37-27-18-12-9-15-24(27)34(6-3)30(37)21-31/h7-18H,4-6,19-21H2,1-3H3/q+3. The maximum atomic E-state index is 2.70. The molecule has 2 bridgehead atoms. The van der Waals surface area contributed by atoms with E-state index in [4.69, 9.17) is 0 Å². The molecular formula is C30H33N7P+3. The van der Waals surface area contributed by atoms with Gasteiger partial charge in [-0.1, -0.05) is 36.4 Å². The van der Waals surface area contributed by atoms with Crippen LogP contribution >= 0.6 is 8.37 Å². The number of aromatic nitrogens is 6. The number of hydrogen-bond acceptors (Lipinski definition) is 1. The Bertz CT molecular complexity index is 1670. The predicted octanol–water partition coefficient (Wildman–Crippen LogP) is 4.47. The fraction of sp³-hybridized carbons (Fsp3) is 0.300. The van der Waals surface area contributed by atoms with Gasteiger partial charge in [0.1, 0.15) is 19.6 Å². The Hall–Kier alpha value is -3.54. The highest BCUT2D eigenvalue weighted by molar-refractivity contribution is 7.53. The summed E-state index contributed by atoms with van der Waals surface area (Å²) in [5, 5.41) is 0. The van der Waals surface area contributed by atoms with Gasteiger partial charge in [0.05, 0.1) is 19.6 Å². The molecule has 8 heteroatoms. The number of hydrogen-bond donors (Lipinski definition) is 0. The summed E-state index contributed by atoms with van der Waals surface area (Å²) in [5.74, 6) is 4.20. The molecule has 0 amide bonds. The molecule has 7 nitrogen and oxygen atoms in total. The number of fused-ring (bicyclic) bond motifs is 3. The lowest BCUT2D eigenvalue weighted by atomic mass is 10.3. The quantitative estimate of drug-likeness (QED) is 0.249. The van der Waals surface area contributed by atoms with Crippen LogP contribution in [0.1, 0.15) is 38.2 Å². The molecule has 0 unspecified atom stereocenters. The molecular weight excluding hydrogens is 489 g/mol. The third-order valence-electron chi connectivity index (χ3n) is 8.45.